The third-order valence-electron chi connectivity index (χ3n) is 2.54. The van der Waals surface area contributed by atoms with Gasteiger partial charge >= 0.3 is 5.97 Å². The summed E-state index contributed by atoms with van der Waals surface area (Å²) in [6.45, 7) is 0.171. The van der Waals surface area contributed by atoms with Gasteiger partial charge in [0, 0.05) is 20.5 Å². The third-order valence-corrected chi connectivity index (χ3v) is 2.87. The molecular weight excluding hydrogens is 268 g/mol. The lowest BCUT2D eigenvalue weighted by molar-refractivity contribution is -0.128. The minimum atomic E-state index is -0.530. The number of rotatable bonds is 5. The number of benzene rings is 1. The van der Waals surface area contributed by atoms with Crippen LogP contribution in [0.5, 0.6) is 0 Å². The van der Waals surface area contributed by atoms with Crippen molar-refractivity contribution in [2.75, 3.05) is 26.4 Å². The first-order valence-electron chi connectivity index (χ1n) is 5.84. The fraction of sp³-hybridized carbons (Fsp3) is 0.385. The number of nitrogen functional groups attached to an aromatic ring is 1. The molecule has 19 heavy (non-hydrogen) atoms. The zero-order valence-corrected chi connectivity index (χ0v) is 11.7. The van der Waals surface area contributed by atoms with Crippen LogP contribution < -0.4 is 5.73 Å². The van der Waals surface area contributed by atoms with Crippen LogP contribution >= 0.6 is 11.6 Å². The zero-order valence-electron chi connectivity index (χ0n) is 11.0. The number of anilines is 1. The fourth-order valence-electron chi connectivity index (χ4n) is 1.40. The Bertz CT molecular complexity index is 475. The van der Waals surface area contributed by atoms with Crippen LogP contribution in [0, 0.1) is 0 Å². The lowest BCUT2D eigenvalue weighted by atomic mass is 10.2. The van der Waals surface area contributed by atoms with Gasteiger partial charge in [0.25, 0.3) is 0 Å². The molecule has 5 nitrogen and oxygen atoms in total. The molecule has 0 aliphatic carbocycles. The van der Waals surface area contributed by atoms with Gasteiger partial charge < -0.3 is 15.4 Å². The molecule has 0 radical (unpaired) electrons. The van der Waals surface area contributed by atoms with E-state index in [1.54, 1.807) is 32.3 Å². The Morgan fingerprint density at radius 3 is 2.68 bits per heavy atom. The molecule has 1 rings (SSSR count). The summed E-state index contributed by atoms with van der Waals surface area (Å²) in [4.78, 5) is 24.5. The summed E-state index contributed by atoms with van der Waals surface area (Å²) in [5.74, 6) is -0.532. The second kappa shape index (κ2) is 6.99. The average molecular weight is 285 g/mol. The lowest BCUT2D eigenvalue weighted by Gasteiger charge is -2.10. The molecule has 1 amide bonds. The minimum absolute atomic E-state index is 0.00156. The predicted octanol–water partition coefficient (Wildman–Crippen LogP) is 1.95. The van der Waals surface area contributed by atoms with E-state index in [0.29, 0.717) is 17.9 Å². The number of nitrogens with zero attached hydrogens (tertiary/aromatic N) is 1. The van der Waals surface area contributed by atoms with Gasteiger partial charge in [-0.05, 0) is 18.6 Å². The van der Waals surface area contributed by atoms with Gasteiger partial charge in [0.15, 0.2) is 0 Å². The van der Waals surface area contributed by atoms with Crippen LogP contribution in [-0.4, -0.2) is 37.5 Å². The first-order valence-corrected chi connectivity index (χ1v) is 6.22. The topological polar surface area (TPSA) is 72.6 Å². The van der Waals surface area contributed by atoms with Gasteiger partial charge in [-0.1, -0.05) is 17.7 Å². The molecule has 0 spiro atoms. The molecule has 104 valence electrons. The summed E-state index contributed by atoms with van der Waals surface area (Å²) in [7, 11) is 3.36. The van der Waals surface area contributed by atoms with E-state index in [2.05, 4.69) is 0 Å². The molecule has 0 aliphatic heterocycles. The second-order valence-corrected chi connectivity index (χ2v) is 4.64. The quantitative estimate of drug-likeness (QED) is 0.509. The van der Waals surface area contributed by atoms with Crippen molar-refractivity contribution in [1.82, 2.24) is 4.90 Å². The van der Waals surface area contributed by atoms with Crippen molar-refractivity contribution in [2.45, 2.75) is 12.8 Å². The molecule has 0 bridgehead atoms. The third kappa shape index (κ3) is 4.44. The van der Waals surface area contributed by atoms with Gasteiger partial charge in [-0.3, -0.25) is 4.79 Å². The van der Waals surface area contributed by atoms with Crippen LogP contribution in [0.15, 0.2) is 18.2 Å². The second-order valence-electron chi connectivity index (χ2n) is 4.23. The highest BCUT2D eigenvalue weighted by Crippen LogP contribution is 2.22. The van der Waals surface area contributed by atoms with E-state index in [1.165, 1.54) is 4.90 Å². The van der Waals surface area contributed by atoms with Crippen molar-refractivity contribution in [3.63, 3.8) is 0 Å². The highest BCUT2D eigenvalue weighted by atomic mass is 35.5. The highest BCUT2D eigenvalue weighted by molar-refractivity contribution is 6.33. The van der Waals surface area contributed by atoms with Gasteiger partial charge in [-0.2, -0.15) is 0 Å². The summed E-state index contributed by atoms with van der Waals surface area (Å²) in [6.07, 6.45) is 0.814. The summed E-state index contributed by atoms with van der Waals surface area (Å²) in [5, 5.41) is 0.317. The molecule has 2 N–H and O–H groups in total. The van der Waals surface area contributed by atoms with Crippen molar-refractivity contribution in [2.24, 2.45) is 0 Å². The van der Waals surface area contributed by atoms with Crippen molar-refractivity contribution in [3.05, 3.63) is 28.8 Å². The number of esters is 1. The van der Waals surface area contributed by atoms with Gasteiger partial charge in [0.1, 0.15) is 0 Å². The van der Waals surface area contributed by atoms with Gasteiger partial charge in [-0.15, -0.1) is 0 Å². The molecule has 0 saturated heterocycles. The Balaban J connectivity index is 2.44. The molecular formula is C13H17ClN2O3. The normalized spacial score (nSPS) is 10.1. The largest absolute Gasteiger partial charge is 0.462 e. The van der Waals surface area contributed by atoms with Gasteiger partial charge in [0.05, 0.1) is 22.9 Å². The molecule has 0 fully saturated rings. The van der Waals surface area contributed by atoms with Crippen molar-refractivity contribution in [3.8, 4) is 0 Å². The van der Waals surface area contributed by atoms with E-state index in [9.17, 15) is 9.59 Å². The molecule has 1 aromatic rings. The maximum Gasteiger partial charge on any atom is 0.340 e. The van der Waals surface area contributed by atoms with Crippen LogP contribution in [0.4, 0.5) is 5.69 Å². The zero-order chi connectivity index (χ0) is 14.4. The van der Waals surface area contributed by atoms with E-state index >= 15 is 0 Å². The van der Waals surface area contributed by atoms with Crippen molar-refractivity contribution < 1.29 is 14.3 Å². The summed E-state index contributed by atoms with van der Waals surface area (Å²) >= 11 is 5.81. The molecule has 0 atom stereocenters. The number of hydrogen-bond acceptors (Lipinski definition) is 4. The van der Waals surface area contributed by atoms with E-state index in [4.69, 9.17) is 22.1 Å². The van der Waals surface area contributed by atoms with Crippen LogP contribution in [0.3, 0.4) is 0 Å². The number of nitrogens with two attached hydrogens (primary N) is 1. The first-order chi connectivity index (χ1) is 8.93. The summed E-state index contributed by atoms with van der Waals surface area (Å²) < 4.78 is 5.05. The number of ether oxygens (including phenoxy) is 1. The molecule has 0 heterocycles. The Morgan fingerprint density at radius 2 is 2.05 bits per heavy atom. The number of halogens is 1. The Kier molecular flexibility index (Phi) is 5.63. The first kappa shape index (κ1) is 15.3. The van der Waals surface area contributed by atoms with Crippen LogP contribution in [0.2, 0.25) is 5.02 Å². The fourth-order valence-corrected chi connectivity index (χ4v) is 1.58. The molecule has 1 aromatic carbocycles. The molecule has 0 saturated carbocycles. The standard InChI is InChI=1S/C13H17ClN2O3/c1-16(2)11(17)7-4-8-19-13(18)9-5-3-6-10(14)12(9)15/h3,5-6H,4,7-8,15H2,1-2H3. The maximum absolute atomic E-state index is 11.7. The van der Waals surface area contributed by atoms with E-state index in [1.807, 2.05) is 0 Å². The lowest BCUT2D eigenvalue weighted by Crippen LogP contribution is -2.21. The highest BCUT2D eigenvalue weighted by Gasteiger charge is 2.13. The van der Waals surface area contributed by atoms with Crippen molar-refractivity contribution >= 4 is 29.2 Å². The van der Waals surface area contributed by atoms with Crippen LogP contribution in [0.1, 0.15) is 23.2 Å². The monoisotopic (exact) mass is 284 g/mol. The van der Waals surface area contributed by atoms with E-state index in [0.717, 1.165) is 0 Å². The summed E-state index contributed by atoms with van der Waals surface area (Å²) in [5.41, 5.74) is 6.13. The smallest absolute Gasteiger partial charge is 0.340 e. The van der Waals surface area contributed by atoms with E-state index in [-0.39, 0.29) is 23.8 Å². The van der Waals surface area contributed by atoms with Crippen LogP contribution in [0.25, 0.3) is 0 Å². The molecule has 0 aromatic heterocycles. The molecule has 0 unspecified atom stereocenters. The predicted molar refractivity (Wildman–Crippen MR) is 74.1 cm³/mol. The Hall–Kier alpha value is -1.75. The van der Waals surface area contributed by atoms with Gasteiger partial charge in [0.2, 0.25) is 5.91 Å². The Morgan fingerprint density at radius 1 is 1.37 bits per heavy atom. The number of amides is 1. The van der Waals surface area contributed by atoms with Gasteiger partial charge in [-0.25, -0.2) is 4.79 Å². The minimum Gasteiger partial charge on any atom is -0.462 e. The number of carbonyl (C=O) groups excluding carboxylic acids is 2. The molecule has 0 aliphatic rings. The number of carbonyl (C=O) groups is 2. The van der Waals surface area contributed by atoms with Crippen molar-refractivity contribution in [1.29, 1.82) is 0 Å². The number of hydrogen-bond donors (Lipinski definition) is 1. The van der Waals surface area contributed by atoms with E-state index < -0.39 is 5.97 Å². The average Bonchev–Trinajstić information content (AvgIpc) is 2.37. The summed E-state index contributed by atoms with van der Waals surface area (Å²) in [6, 6.07) is 4.78. The Labute approximate surface area is 117 Å². The van der Waals surface area contributed by atoms with Crippen LogP contribution in [-0.2, 0) is 9.53 Å². The number of para-hydroxylation sites is 1. The maximum atomic E-state index is 11.7. The molecule has 6 heteroatoms. The SMILES string of the molecule is CN(C)C(=O)CCCOC(=O)c1cccc(Cl)c1N.